The summed E-state index contributed by atoms with van der Waals surface area (Å²) in [5, 5.41) is 14.0. The van der Waals surface area contributed by atoms with Gasteiger partial charge in [-0.3, -0.25) is 9.59 Å². The Balaban J connectivity index is 2.53. The molecular weight excluding hydrogens is 336 g/mol. The molecule has 7 heteroatoms. The highest BCUT2D eigenvalue weighted by Crippen LogP contribution is 2.17. The van der Waals surface area contributed by atoms with Gasteiger partial charge in [-0.15, -0.1) is 0 Å². The van der Waals surface area contributed by atoms with Gasteiger partial charge in [0.05, 0.1) is 0 Å². The van der Waals surface area contributed by atoms with E-state index in [-0.39, 0.29) is 24.9 Å². The predicted molar refractivity (Wildman–Crippen MR) is 97.5 cm³/mol. The highest BCUT2D eigenvalue weighted by molar-refractivity contribution is 5.86. The van der Waals surface area contributed by atoms with Crippen molar-refractivity contribution < 1.29 is 24.2 Å². The third-order valence-electron chi connectivity index (χ3n) is 3.64. The second-order valence-corrected chi connectivity index (χ2v) is 7.29. The van der Waals surface area contributed by atoms with Gasteiger partial charge in [-0.1, -0.05) is 51.1 Å². The molecule has 2 amide bonds. The molecule has 1 aromatic rings. The van der Waals surface area contributed by atoms with Gasteiger partial charge in [0.1, 0.15) is 12.6 Å². The molecule has 0 aliphatic carbocycles. The molecule has 7 nitrogen and oxygen atoms in total. The minimum Gasteiger partial charge on any atom is -0.481 e. The minimum absolute atomic E-state index is 0.00286. The smallest absolute Gasteiger partial charge is 0.408 e. The lowest BCUT2D eigenvalue weighted by atomic mass is 9.92. The molecule has 0 spiro atoms. The summed E-state index contributed by atoms with van der Waals surface area (Å²) in [7, 11) is 0. The third-order valence-corrected chi connectivity index (χ3v) is 3.64. The summed E-state index contributed by atoms with van der Waals surface area (Å²) in [5.41, 5.74) is 0.880. The van der Waals surface area contributed by atoms with Crippen LogP contribution in [0.2, 0.25) is 0 Å². The van der Waals surface area contributed by atoms with Gasteiger partial charge in [0, 0.05) is 13.0 Å². The van der Waals surface area contributed by atoms with Crippen LogP contribution in [0, 0.1) is 5.41 Å². The maximum absolute atomic E-state index is 12.3. The lowest BCUT2D eigenvalue weighted by Crippen LogP contribution is -2.47. The zero-order chi connectivity index (χ0) is 19.6. The summed E-state index contributed by atoms with van der Waals surface area (Å²) >= 11 is 0. The van der Waals surface area contributed by atoms with Crippen LogP contribution in [0.15, 0.2) is 30.3 Å². The maximum atomic E-state index is 12.3. The van der Waals surface area contributed by atoms with E-state index in [1.807, 2.05) is 30.3 Å². The van der Waals surface area contributed by atoms with Crippen LogP contribution in [0.5, 0.6) is 0 Å². The Kier molecular flexibility index (Phi) is 8.61. The van der Waals surface area contributed by atoms with Crippen molar-refractivity contribution in [3.05, 3.63) is 35.9 Å². The highest BCUT2D eigenvalue weighted by Gasteiger charge is 2.22. The summed E-state index contributed by atoms with van der Waals surface area (Å²) in [4.78, 5) is 35.0. The summed E-state index contributed by atoms with van der Waals surface area (Å²) in [5.74, 6) is -1.44. The fourth-order valence-electron chi connectivity index (χ4n) is 2.13. The van der Waals surface area contributed by atoms with Gasteiger partial charge in [0.25, 0.3) is 0 Å². The number of hydrogen-bond acceptors (Lipinski definition) is 4. The SMILES string of the molecule is CC(C)(C)CCNC(=O)C(CCC(=O)O)NC(=O)OCc1ccccc1. The summed E-state index contributed by atoms with van der Waals surface area (Å²) in [6, 6.07) is 8.19. The molecule has 3 N–H and O–H groups in total. The normalized spacial score (nSPS) is 12.1. The van der Waals surface area contributed by atoms with Crippen molar-refractivity contribution in [2.24, 2.45) is 5.41 Å². The molecule has 1 atom stereocenters. The number of benzene rings is 1. The van der Waals surface area contributed by atoms with Crippen molar-refractivity contribution >= 4 is 18.0 Å². The second kappa shape index (κ2) is 10.4. The molecular formula is C19H28N2O5. The molecule has 0 bridgehead atoms. The molecule has 0 saturated heterocycles. The van der Waals surface area contributed by atoms with Crippen molar-refractivity contribution in [2.75, 3.05) is 6.54 Å². The molecule has 0 aromatic heterocycles. The van der Waals surface area contributed by atoms with E-state index >= 15 is 0 Å². The average molecular weight is 364 g/mol. The van der Waals surface area contributed by atoms with Crippen molar-refractivity contribution in [3.8, 4) is 0 Å². The van der Waals surface area contributed by atoms with Gasteiger partial charge in [-0.25, -0.2) is 4.79 Å². The van der Waals surface area contributed by atoms with Gasteiger partial charge in [-0.05, 0) is 23.8 Å². The molecule has 144 valence electrons. The van der Waals surface area contributed by atoms with Crippen LogP contribution in [0.4, 0.5) is 4.79 Å². The van der Waals surface area contributed by atoms with Crippen molar-refractivity contribution in [3.63, 3.8) is 0 Å². The van der Waals surface area contributed by atoms with Crippen LogP contribution in [0.25, 0.3) is 0 Å². The topological polar surface area (TPSA) is 105 Å². The summed E-state index contributed by atoms with van der Waals surface area (Å²) in [6.45, 7) is 6.69. The number of amides is 2. The molecule has 0 aliphatic heterocycles. The zero-order valence-corrected chi connectivity index (χ0v) is 15.6. The van der Waals surface area contributed by atoms with E-state index < -0.39 is 24.0 Å². The zero-order valence-electron chi connectivity index (χ0n) is 15.6. The lowest BCUT2D eigenvalue weighted by Gasteiger charge is -2.21. The first-order chi connectivity index (χ1) is 12.2. The van der Waals surface area contributed by atoms with E-state index in [1.54, 1.807) is 0 Å². The Hall–Kier alpha value is -2.57. The standard InChI is InChI=1S/C19H28N2O5/c1-19(2,3)11-12-20-17(24)15(9-10-16(22)23)21-18(25)26-13-14-7-5-4-6-8-14/h4-8,15H,9-13H2,1-3H3,(H,20,24)(H,21,25)(H,22,23). The molecule has 1 unspecified atom stereocenters. The highest BCUT2D eigenvalue weighted by atomic mass is 16.5. The van der Waals surface area contributed by atoms with Gasteiger partial charge >= 0.3 is 12.1 Å². The minimum atomic E-state index is -1.03. The van der Waals surface area contributed by atoms with Crippen LogP contribution < -0.4 is 10.6 Å². The number of rotatable bonds is 9. The number of hydrogen-bond donors (Lipinski definition) is 3. The van der Waals surface area contributed by atoms with E-state index in [0.29, 0.717) is 6.54 Å². The van der Waals surface area contributed by atoms with Gasteiger partial charge in [-0.2, -0.15) is 0 Å². The first kappa shape index (κ1) is 21.5. The number of aliphatic carboxylic acids is 1. The van der Waals surface area contributed by atoms with E-state index in [1.165, 1.54) is 0 Å². The molecule has 0 radical (unpaired) electrons. The molecule has 1 rings (SSSR count). The van der Waals surface area contributed by atoms with Crippen LogP contribution in [0.3, 0.4) is 0 Å². The van der Waals surface area contributed by atoms with Crippen LogP contribution in [-0.2, 0) is 20.9 Å². The molecule has 26 heavy (non-hydrogen) atoms. The fraction of sp³-hybridized carbons (Fsp3) is 0.526. The Morgan fingerprint density at radius 2 is 1.81 bits per heavy atom. The van der Waals surface area contributed by atoms with E-state index in [9.17, 15) is 14.4 Å². The molecule has 0 fully saturated rings. The van der Waals surface area contributed by atoms with E-state index in [4.69, 9.17) is 9.84 Å². The maximum Gasteiger partial charge on any atom is 0.408 e. The Morgan fingerprint density at radius 3 is 2.38 bits per heavy atom. The monoisotopic (exact) mass is 364 g/mol. The van der Waals surface area contributed by atoms with Crippen LogP contribution in [0.1, 0.15) is 45.6 Å². The number of carbonyl (C=O) groups excluding carboxylic acids is 2. The number of carbonyl (C=O) groups is 3. The molecule has 0 aliphatic rings. The Bertz CT molecular complexity index is 596. The van der Waals surface area contributed by atoms with Gasteiger partial charge in [0.2, 0.25) is 5.91 Å². The van der Waals surface area contributed by atoms with Crippen LogP contribution in [-0.4, -0.2) is 35.7 Å². The fourth-order valence-corrected chi connectivity index (χ4v) is 2.13. The molecule has 0 saturated carbocycles. The number of nitrogens with one attached hydrogen (secondary N) is 2. The number of carboxylic acid groups (broad SMARTS) is 1. The largest absolute Gasteiger partial charge is 0.481 e. The van der Waals surface area contributed by atoms with E-state index in [2.05, 4.69) is 31.4 Å². The first-order valence-corrected chi connectivity index (χ1v) is 8.64. The number of ether oxygens (including phenoxy) is 1. The van der Waals surface area contributed by atoms with Crippen molar-refractivity contribution in [1.29, 1.82) is 0 Å². The van der Waals surface area contributed by atoms with Crippen LogP contribution >= 0.6 is 0 Å². The van der Waals surface area contributed by atoms with Gasteiger partial charge in [0.15, 0.2) is 0 Å². The van der Waals surface area contributed by atoms with Crippen molar-refractivity contribution in [1.82, 2.24) is 10.6 Å². The first-order valence-electron chi connectivity index (χ1n) is 8.64. The third kappa shape index (κ3) is 9.66. The second-order valence-electron chi connectivity index (χ2n) is 7.29. The van der Waals surface area contributed by atoms with Crippen molar-refractivity contribution in [2.45, 2.75) is 52.7 Å². The number of carboxylic acids is 1. The number of alkyl carbamates (subject to hydrolysis) is 1. The Morgan fingerprint density at radius 1 is 1.15 bits per heavy atom. The summed E-state index contributed by atoms with van der Waals surface area (Å²) in [6.07, 6.45) is -0.216. The Labute approximate surface area is 154 Å². The molecule has 1 aromatic carbocycles. The van der Waals surface area contributed by atoms with E-state index in [0.717, 1.165) is 12.0 Å². The average Bonchev–Trinajstić information content (AvgIpc) is 2.56. The summed E-state index contributed by atoms with van der Waals surface area (Å²) < 4.78 is 5.10. The quantitative estimate of drug-likeness (QED) is 0.625. The predicted octanol–water partition coefficient (Wildman–Crippen LogP) is 2.70. The van der Waals surface area contributed by atoms with Gasteiger partial charge < -0.3 is 20.5 Å². The molecule has 0 heterocycles. The lowest BCUT2D eigenvalue weighted by molar-refractivity contribution is -0.137.